The van der Waals surface area contributed by atoms with Gasteiger partial charge in [-0.05, 0) is 34.1 Å². The summed E-state index contributed by atoms with van der Waals surface area (Å²) < 4.78 is 15.6. The molecule has 2 aromatic heterocycles. The van der Waals surface area contributed by atoms with Gasteiger partial charge in [0, 0.05) is 18.1 Å². The zero-order chi connectivity index (χ0) is 13.4. The molecular formula is C12H9BrFN5. The normalized spacial score (nSPS) is 10.8. The van der Waals surface area contributed by atoms with E-state index in [0.29, 0.717) is 27.4 Å². The third-order valence-electron chi connectivity index (χ3n) is 2.58. The van der Waals surface area contributed by atoms with E-state index < -0.39 is 0 Å². The van der Waals surface area contributed by atoms with E-state index in [1.54, 1.807) is 35.1 Å². The zero-order valence-electron chi connectivity index (χ0n) is 9.64. The summed E-state index contributed by atoms with van der Waals surface area (Å²) in [6.07, 6.45) is 5.07. The Morgan fingerprint density at radius 3 is 3.00 bits per heavy atom. The molecule has 0 aliphatic carbocycles. The summed E-state index contributed by atoms with van der Waals surface area (Å²) in [5.74, 6) is 0.477. The Morgan fingerprint density at radius 1 is 1.37 bits per heavy atom. The lowest BCUT2D eigenvalue weighted by Gasteiger charge is -2.08. The molecule has 0 aliphatic heterocycles. The second kappa shape index (κ2) is 4.51. The average Bonchev–Trinajstić information content (AvgIpc) is 2.82. The fourth-order valence-electron chi connectivity index (χ4n) is 1.75. The number of nitrogens with two attached hydrogens (primary N) is 1. The fourth-order valence-corrected chi connectivity index (χ4v) is 1.99. The number of aromatic nitrogens is 3. The van der Waals surface area contributed by atoms with Crippen LogP contribution < -0.4 is 11.1 Å². The van der Waals surface area contributed by atoms with Crippen LogP contribution in [-0.2, 0) is 0 Å². The minimum Gasteiger partial charge on any atom is -0.382 e. The van der Waals surface area contributed by atoms with Crippen LogP contribution in [0.15, 0.2) is 41.3 Å². The molecule has 96 valence electrons. The highest BCUT2D eigenvalue weighted by Gasteiger charge is 2.07. The first-order chi connectivity index (χ1) is 9.13. The Labute approximate surface area is 116 Å². The summed E-state index contributed by atoms with van der Waals surface area (Å²) in [7, 11) is 0. The first-order valence-corrected chi connectivity index (χ1v) is 6.24. The van der Waals surface area contributed by atoms with Crippen molar-refractivity contribution in [1.82, 2.24) is 14.4 Å². The van der Waals surface area contributed by atoms with Crippen LogP contribution in [0, 0.1) is 5.82 Å². The van der Waals surface area contributed by atoms with Crippen LogP contribution in [0.1, 0.15) is 0 Å². The van der Waals surface area contributed by atoms with Gasteiger partial charge in [0.05, 0.1) is 10.7 Å². The number of halogens is 2. The standard InChI is InChI=1S/C12H9BrFN5/c13-8-2-1-7(5-9(8)14)17-11-12-16-3-4-19(12)6-10(15)18-11/h1-6H,15H2,(H,17,18). The highest BCUT2D eigenvalue weighted by molar-refractivity contribution is 9.10. The topological polar surface area (TPSA) is 68.2 Å². The van der Waals surface area contributed by atoms with Crippen molar-refractivity contribution in [1.29, 1.82) is 0 Å². The van der Waals surface area contributed by atoms with Gasteiger partial charge < -0.3 is 15.5 Å². The minimum atomic E-state index is -0.353. The lowest BCUT2D eigenvalue weighted by Crippen LogP contribution is -2.02. The van der Waals surface area contributed by atoms with E-state index in [9.17, 15) is 4.39 Å². The van der Waals surface area contributed by atoms with Gasteiger partial charge in [-0.15, -0.1) is 0 Å². The molecule has 0 aliphatic rings. The predicted molar refractivity (Wildman–Crippen MR) is 74.8 cm³/mol. The number of nitrogens with one attached hydrogen (secondary N) is 1. The van der Waals surface area contributed by atoms with E-state index in [1.807, 2.05) is 0 Å². The van der Waals surface area contributed by atoms with E-state index in [0.717, 1.165) is 0 Å². The first-order valence-electron chi connectivity index (χ1n) is 5.45. The molecule has 0 radical (unpaired) electrons. The Kier molecular flexibility index (Phi) is 2.83. The van der Waals surface area contributed by atoms with Crippen LogP contribution >= 0.6 is 15.9 Å². The largest absolute Gasteiger partial charge is 0.382 e. The van der Waals surface area contributed by atoms with Crippen molar-refractivity contribution < 1.29 is 4.39 Å². The molecule has 7 heteroatoms. The number of anilines is 3. The molecule has 0 bridgehead atoms. The van der Waals surface area contributed by atoms with E-state index in [2.05, 4.69) is 31.2 Å². The minimum absolute atomic E-state index is 0.352. The Hall–Kier alpha value is -2.15. The molecule has 0 saturated carbocycles. The van der Waals surface area contributed by atoms with Gasteiger partial charge in [0.15, 0.2) is 11.5 Å². The smallest absolute Gasteiger partial charge is 0.180 e. The monoisotopic (exact) mass is 321 g/mol. The van der Waals surface area contributed by atoms with Crippen molar-refractivity contribution in [3.8, 4) is 0 Å². The molecular weight excluding hydrogens is 313 g/mol. The molecule has 1 aromatic carbocycles. The van der Waals surface area contributed by atoms with Crippen LogP contribution in [0.4, 0.5) is 21.7 Å². The first kappa shape index (κ1) is 11.9. The molecule has 3 N–H and O–H groups in total. The maximum Gasteiger partial charge on any atom is 0.180 e. The second-order valence-corrected chi connectivity index (χ2v) is 4.78. The van der Waals surface area contributed by atoms with Gasteiger partial charge in [-0.1, -0.05) is 0 Å². The van der Waals surface area contributed by atoms with E-state index in [4.69, 9.17) is 5.73 Å². The van der Waals surface area contributed by atoms with Crippen molar-refractivity contribution in [3.05, 3.63) is 47.1 Å². The lowest BCUT2D eigenvalue weighted by molar-refractivity contribution is 0.622. The van der Waals surface area contributed by atoms with Crippen LogP contribution in [0.5, 0.6) is 0 Å². The highest BCUT2D eigenvalue weighted by Crippen LogP contribution is 2.24. The number of hydrogen-bond acceptors (Lipinski definition) is 4. The lowest BCUT2D eigenvalue weighted by atomic mass is 10.3. The molecule has 0 unspecified atom stereocenters. The van der Waals surface area contributed by atoms with Crippen LogP contribution in [0.3, 0.4) is 0 Å². The van der Waals surface area contributed by atoms with Crippen LogP contribution in [0.2, 0.25) is 0 Å². The Balaban J connectivity index is 2.04. The van der Waals surface area contributed by atoms with Gasteiger partial charge in [0.2, 0.25) is 0 Å². The molecule has 2 heterocycles. The molecule has 3 aromatic rings. The molecule has 0 fully saturated rings. The van der Waals surface area contributed by atoms with Crippen molar-refractivity contribution in [3.63, 3.8) is 0 Å². The van der Waals surface area contributed by atoms with Gasteiger partial charge in [0.25, 0.3) is 0 Å². The molecule has 0 saturated heterocycles. The van der Waals surface area contributed by atoms with E-state index in [-0.39, 0.29) is 5.82 Å². The summed E-state index contributed by atoms with van der Waals surface area (Å²) in [6, 6.07) is 4.72. The second-order valence-electron chi connectivity index (χ2n) is 3.93. The summed E-state index contributed by atoms with van der Waals surface area (Å²) in [6.45, 7) is 0. The van der Waals surface area contributed by atoms with Crippen LogP contribution in [0.25, 0.3) is 5.65 Å². The molecule has 0 spiro atoms. The van der Waals surface area contributed by atoms with Crippen molar-refractivity contribution in [2.75, 3.05) is 11.1 Å². The number of nitrogen functional groups attached to an aromatic ring is 1. The summed E-state index contributed by atoms with van der Waals surface area (Å²) in [4.78, 5) is 8.35. The Bertz CT molecular complexity index is 755. The molecule has 3 rings (SSSR count). The third kappa shape index (κ3) is 2.24. The number of nitrogens with zero attached hydrogens (tertiary/aromatic N) is 3. The van der Waals surface area contributed by atoms with Crippen molar-refractivity contribution in [2.45, 2.75) is 0 Å². The van der Waals surface area contributed by atoms with Gasteiger partial charge in [-0.2, -0.15) is 0 Å². The van der Waals surface area contributed by atoms with E-state index in [1.165, 1.54) is 6.07 Å². The molecule has 0 atom stereocenters. The van der Waals surface area contributed by atoms with Gasteiger partial charge >= 0.3 is 0 Å². The SMILES string of the molecule is Nc1cn2ccnc2c(Nc2ccc(Br)c(F)c2)n1. The van der Waals surface area contributed by atoms with Crippen molar-refractivity contribution >= 4 is 38.9 Å². The third-order valence-corrected chi connectivity index (χ3v) is 3.22. The average molecular weight is 322 g/mol. The molecule has 5 nitrogen and oxygen atoms in total. The summed E-state index contributed by atoms with van der Waals surface area (Å²) in [5, 5.41) is 3.01. The number of fused-ring (bicyclic) bond motifs is 1. The Morgan fingerprint density at radius 2 is 2.21 bits per heavy atom. The molecule has 0 amide bonds. The molecule has 19 heavy (non-hydrogen) atoms. The van der Waals surface area contributed by atoms with Crippen LogP contribution in [-0.4, -0.2) is 14.4 Å². The predicted octanol–water partition coefficient (Wildman–Crippen LogP) is 2.96. The van der Waals surface area contributed by atoms with Gasteiger partial charge in [0.1, 0.15) is 11.6 Å². The quantitative estimate of drug-likeness (QED) is 0.761. The maximum atomic E-state index is 13.5. The zero-order valence-corrected chi connectivity index (χ0v) is 11.2. The maximum absolute atomic E-state index is 13.5. The number of benzene rings is 1. The van der Waals surface area contributed by atoms with Crippen molar-refractivity contribution in [2.24, 2.45) is 0 Å². The van der Waals surface area contributed by atoms with Gasteiger partial charge in [-0.3, -0.25) is 0 Å². The fraction of sp³-hybridized carbons (Fsp3) is 0. The van der Waals surface area contributed by atoms with E-state index >= 15 is 0 Å². The van der Waals surface area contributed by atoms with Gasteiger partial charge in [-0.25, -0.2) is 14.4 Å². The number of imidazole rings is 1. The number of hydrogen-bond donors (Lipinski definition) is 2. The highest BCUT2D eigenvalue weighted by atomic mass is 79.9. The summed E-state index contributed by atoms with van der Waals surface area (Å²) in [5.41, 5.74) is 6.91. The number of rotatable bonds is 2. The summed E-state index contributed by atoms with van der Waals surface area (Å²) >= 11 is 3.11.